The number of fused-ring (bicyclic) bond motifs is 1. The summed E-state index contributed by atoms with van der Waals surface area (Å²) in [6.07, 6.45) is 1.46. The molecule has 4 rings (SSSR count). The van der Waals surface area contributed by atoms with Crippen molar-refractivity contribution >= 4 is 35.1 Å². The van der Waals surface area contributed by atoms with Crippen molar-refractivity contribution in [2.24, 2.45) is 0 Å². The molecule has 1 aromatic heterocycles. The second-order valence-electron chi connectivity index (χ2n) is 7.88. The molecular weight excluding hydrogens is 450 g/mol. The number of carbonyl (C=O) groups is 4. The van der Waals surface area contributed by atoms with Crippen LogP contribution < -0.4 is 10.2 Å². The average Bonchev–Trinajstić information content (AvgIpc) is 3.47. The van der Waals surface area contributed by atoms with Gasteiger partial charge in [0.05, 0.1) is 29.5 Å². The largest absolute Gasteiger partial charge is 0.467 e. The maximum atomic E-state index is 12.7. The maximum absolute atomic E-state index is 12.7. The zero-order chi connectivity index (χ0) is 24.9. The van der Waals surface area contributed by atoms with Crippen molar-refractivity contribution in [1.29, 1.82) is 0 Å². The molecule has 1 aliphatic rings. The van der Waals surface area contributed by atoms with E-state index in [0.717, 1.165) is 23.7 Å². The second-order valence-corrected chi connectivity index (χ2v) is 7.88. The molecule has 1 aliphatic heterocycles. The summed E-state index contributed by atoms with van der Waals surface area (Å²) in [5, 5.41) is 2.68. The van der Waals surface area contributed by atoms with Crippen LogP contribution in [0.2, 0.25) is 0 Å². The van der Waals surface area contributed by atoms with Crippen molar-refractivity contribution in [3.8, 4) is 0 Å². The number of nitrogens with zero attached hydrogens (tertiary/aromatic N) is 2. The maximum Gasteiger partial charge on any atom is 0.338 e. The van der Waals surface area contributed by atoms with Crippen molar-refractivity contribution < 1.29 is 28.3 Å². The summed E-state index contributed by atoms with van der Waals surface area (Å²) in [4.78, 5) is 53.3. The highest BCUT2D eigenvalue weighted by molar-refractivity contribution is 6.21. The van der Waals surface area contributed by atoms with E-state index in [0.29, 0.717) is 11.4 Å². The van der Waals surface area contributed by atoms with Crippen molar-refractivity contribution in [3.63, 3.8) is 0 Å². The van der Waals surface area contributed by atoms with Gasteiger partial charge in [-0.1, -0.05) is 0 Å². The Morgan fingerprint density at radius 3 is 2.34 bits per heavy atom. The summed E-state index contributed by atoms with van der Waals surface area (Å²) in [7, 11) is 0. The summed E-state index contributed by atoms with van der Waals surface area (Å²) in [6, 6.07) is 14.8. The van der Waals surface area contributed by atoms with E-state index < -0.39 is 30.3 Å². The van der Waals surface area contributed by atoms with Gasteiger partial charge in [0.25, 0.3) is 17.7 Å². The minimum absolute atomic E-state index is 0.00476. The number of carbonyl (C=O) groups excluding carboxylic acids is 4. The van der Waals surface area contributed by atoms with Crippen LogP contribution in [0.25, 0.3) is 0 Å². The van der Waals surface area contributed by atoms with Gasteiger partial charge in [-0.05, 0) is 68.4 Å². The normalized spacial score (nSPS) is 12.5. The molecule has 0 atom stereocenters. The zero-order valence-corrected chi connectivity index (χ0v) is 19.4. The van der Waals surface area contributed by atoms with Gasteiger partial charge < -0.3 is 19.4 Å². The van der Waals surface area contributed by atoms with Crippen LogP contribution in [-0.2, 0) is 16.1 Å². The highest BCUT2D eigenvalue weighted by atomic mass is 16.5. The van der Waals surface area contributed by atoms with E-state index in [2.05, 4.69) is 24.1 Å². The minimum Gasteiger partial charge on any atom is -0.467 e. The summed E-state index contributed by atoms with van der Waals surface area (Å²) in [5.74, 6) is -1.79. The molecule has 0 bridgehead atoms. The topological polar surface area (TPSA) is 109 Å². The van der Waals surface area contributed by atoms with Gasteiger partial charge in [0.2, 0.25) is 0 Å². The van der Waals surface area contributed by atoms with Gasteiger partial charge in [0, 0.05) is 24.5 Å². The number of rotatable bonds is 9. The first-order chi connectivity index (χ1) is 16.9. The molecule has 0 radical (unpaired) electrons. The molecule has 1 N–H and O–H groups in total. The van der Waals surface area contributed by atoms with Crippen molar-refractivity contribution in [2.75, 3.05) is 29.9 Å². The summed E-state index contributed by atoms with van der Waals surface area (Å²) in [6.45, 7) is 5.39. The van der Waals surface area contributed by atoms with Crippen molar-refractivity contribution in [3.05, 3.63) is 83.3 Å². The van der Waals surface area contributed by atoms with Gasteiger partial charge >= 0.3 is 5.97 Å². The molecule has 2 heterocycles. The van der Waals surface area contributed by atoms with E-state index in [1.54, 1.807) is 24.3 Å². The van der Waals surface area contributed by atoms with Crippen molar-refractivity contribution in [2.45, 2.75) is 20.4 Å². The van der Waals surface area contributed by atoms with Gasteiger partial charge in [-0.25, -0.2) is 4.79 Å². The Hall–Kier alpha value is -4.40. The molecule has 3 amide bonds. The number of hydrogen-bond acceptors (Lipinski definition) is 7. The van der Waals surface area contributed by atoms with Crippen LogP contribution >= 0.6 is 0 Å². The van der Waals surface area contributed by atoms with Gasteiger partial charge in [0.15, 0.2) is 6.61 Å². The molecule has 0 saturated heterocycles. The molecule has 9 nitrogen and oxygen atoms in total. The van der Waals surface area contributed by atoms with Crippen LogP contribution in [-0.4, -0.2) is 48.3 Å². The van der Waals surface area contributed by atoms with E-state index in [4.69, 9.17) is 9.15 Å². The number of imide groups is 1. The van der Waals surface area contributed by atoms with Crippen LogP contribution in [0.5, 0.6) is 0 Å². The molecule has 0 spiro atoms. The molecule has 3 aromatic rings. The number of benzene rings is 2. The molecule has 0 saturated carbocycles. The lowest BCUT2D eigenvalue weighted by Gasteiger charge is -2.21. The van der Waals surface area contributed by atoms with Crippen LogP contribution in [0, 0.1) is 0 Å². The Morgan fingerprint density at radius 1 is 0.971 bits per heavy atom. The monoisotopic (exact) mass is 475 g/mol. The number of nitrogens with one attached hydrogen (secondary N) is 1. The first-order valence-corrected chi connectivity index (χ1v) is 11.3. The standard InChI is InChI=1S/C26H25N3O6/c1-3-28(4-2)19-10-8-18(9-11-19)27-23(30)16-35-26(33)17-7-12-21-22(14-17)25(32)29(24(21)31)15-20-6-5-13-34-20/h5-14H,3-4,15-16H2,1-2H3,(H,27,30). The summed E-state index contributed by atoms with van der Waals surface area (Å²) in [5.41, 5.74) is 2.01. The van der Waals surface area contributed by atoms with E-state index >= 15 is 0 Å². The van der Waals surface area contributed by atoms with Crippen LogP contribution in [0.15, 0.2) is 65.3 Å². The third kappa shape index (κ3) is 5.08. The molecule has 0 fully saturated rings. The third-order valence-corrected chi connectivity index (χ3v) is 5.71. The Bertz CT molecular complexity index is 1250. The minimum atomic E-state index is -0.774. The predicted molar refractivity (Wildman–Crippen MR) is 128 cm³/mol. The van der Waals surface area contributed by atoms with Gasteiger partial charge in [-0.15, -0.1) is 0 Å². The molecule has 2 aromatic carbocycles. The number of furan rings is 1. The Morgan fingerprint density at radius 2 is 1.69 bits per heavy atom. The van der Waals surface area contributed by atoms with E-state index in [1.807, 2.05) is 12.1 Å². The van der Waals surface area contributed by atoms with E-state index in [9.17, 15) is 19.2 Å². The van der Waals surface area contributed by atoms with Gasteiger partial charge in [-0.2, -0.15) is 0 Å². The quantitative estimate of drug-likeness (QED) is 0.371. The Balaban J connectivity index is 1.35. The van der Waals surface area contributed by atoms with Crippen LogP contribution in [0.3, 0.4) is 0 Å². The molecule has 180 valence electrons. The summed E-state index contributed by atoms with van der Waals surface area (Å²) >= 11 is 0. The van der Waals surface area contributed by atoms with Crippen LogP contribution in [0.4, 0.5) is 11.4 Å². The number of ether oxygens (including phenoxy) is 1. The number of esters is 1. The molecule has 0 unspecified atom stereocenters. The van der Waals surface area contributed by atoms with Gasteiger partial charge in [-0.3, -0.25) is 19.3 Å². The van der Waals surface area contributed by atoms with Crippen LogP contribution in [0.1, 0.15) is 50.7 Å². The zero-order valence-electron chi connectivity index (χ0n) is 19.4. The number of amides is 3. The third-order valence-electron chi connectivity index (χ3n) is 5.71. The second kappa shape index (κ2) is 10.3. The SMILES string of the molecule is CCN(CC)c1ccc(NC(=O)COC(=O)c2ccc3c(c2)C(=O)N(Cc2ccco2)C3=O)cc1. The van der Waals surface area contributed by atoms with Crippen molar-refractivity contribution in [1.82, 2.24) is 4.90 Å². The highest BCUT2D eigenvalue weighted by Gasteiger charge is 2.36. The lowest BCUT2D eigenvalue weighted by atomic mass is 10.1. The fraction of sp³-hybridized carbons (Fsp3) is 0.231. The molecular formula is C26H25N3O6. The predicted octanol–water partition coefficient (Wildman–Crippen LogP) is 3.72. The summed E-state index contributed by atoms with van der Waals surface area (Å²) < 4.78 is 10.3. The van der Waals surface area contributed by atoms with Gasteiger partial charge in [0.1, 0.15) is 5.76 Å². The first kappa shape index (κ1) is 23.7. The number of anilines is 2. The molecule has 9 heteroatoms. The smallest absolute Gasteiger partial charge is 0.338 e. The fourth-order valence-corrected chi connectivity index (χ4v) is 3.88. The highest BCUT2D eigenvalue weighted by Crippen LogP contribution is 2.26. The lowest BCUT2D eigenvalue weighted by Crippen LogP contribution is -2.28. The van der Waals surface area contributed by atoms with E-state index in [1.165, 1.54) is 24.5 Å². The average molecular weight is 476 g/mol. The number of hydrogen-bond donors (Lipinski definition) is 1. The molecule has 35 heavy (non-hydrogen) atoms. The first-order valence-electron chi connectivity index (χ1n) is 11.3. The Kier molecular flexibility index (Phi) is 6.96. The van der Waals surface area contributed by atoms with E-state index in [-0.39, 0.29) is 23.2 Å². The lowest BCUT2D eigenvalue weighted by molar-refractivity contribution is -0.119. The Labute approximate surface area is 202 Å². The molecule has 0 aliphatic carbocycles. The fourth-order valence-electron chi connectivity index (χ4n) is 3.88.